The van der Waals surface area contributed by atoms with Crippen molar-refractivity contribution in [2.75, 3.05) is 27.2 Å². The fourth-order valence-electron chi connectivity index (χ4n) is 3.11. The van der Waals surface area contributed by atoms with E-state index in [1.165, 1.54) is 16.7 Å². The molecule has 4 heteroatoms. The largest absolute Gasteiger partial charge is 0.491 e. The number of aryl methyl sites for hydroxylation is 1. The van der Waals surface area contributed by atoms with E-state index in [1.807, 2.05) is 13.0 Å². The molecule has 1 aliphatic heterocycles. The topological polar surface area (TPSA) is 34.6 Å². The van der Waals surface area contributed by atoms with Gasteiger partial charge in [-0.25, -0.2) is 0 Å². The molecular formula is C20H26N2O2. The minimum Gasteiger partial charge on any atom is -0.491 e. The van der Waals surface area contributed by atoms with Crippen LogP contribution in [0.25, 0.3) is 0 Å². The zero-order chi connectivity index (χ0) is 16.9. The Bertz CT molecular complexity index is 684. The second-order valence-electron chi connectivity index (χ2n) is 6.59. The van der Waals surface area contributed by atoms with E-state index in [0.717, 1.165) is 36.5 Å². The number of hydrogen-bond donors (Lipinski definition) is 0. The van der Waals surface area contributed by atoms with Gasteiger partial charge in [0.25, 0.3) is 0 Å². The molecule has 2 heterocycles. The Morgan fingerprint density at radius 3 is 2.62 bits per heavy atom. The van der Waals surface area contributed by atoms with Crippen molar-refractivity contribution >= 4 is 0 Å². The minimum atomic E-state index is 0.628. The van der Waals surface area contributed by atoms with Crippen LogP contribution in [0, 0.1) is 6.92 Å². The van der Waals surface area contributed by atoms with Gasteiger partial charge in [-0.3, -0.25) is 4.98 Å². The Morgan fingerprint density at radius 1 is 1.12 bits per heavy atom. The van der Waals surface area contributed by atoms with E-state index in [4.69, 9.17) is 14.5 Å². The summed E-state index contributed by atoms with van der Waals surface area (Å²) < 4.78 is 11.8. The van der Waals surface area contributed by atoms with E-state index in [-0.39, 0.29) is 0 Å². The lowest BCUT2D eigenvalue weighted by Crippen LogP contribution is -2.16. The molecule has 0 bridgehead atoms. The summed E-state index contributed by atoms with van der Waals surface area (Å²) in [5, 5.41) is 0. The summed E-state index contributed by atoms with van der Waals surface area (Å²) in [6.45, 7) is 5.04. The first-order valence-electron chi connectivity index (χ1n) is 8.55. The molecule has 0 saturated carbocycles. The van der Waals surface area contributed by atoms with E-state index in [2.05, 4.69) is 43.3 Å². The molecule has 0 amide bonds. The zero-order valence-corrected chi connectivity index (χ0v) is 14.8. The molecule has 0 fully saturated rings. The van der Waals surface area contributed by atoms with Crippen molar-refractivity contribution in [3.8, 4) is 5.75 Å². The highest BCUT2D eigenvalue weighted by Gasteiger charge is 2.23. The van der Waals surface area contributed by atoms with Gasteiger partial charge in [0.15, 0.2) is 0 Å². The molecule has 1 aromatic heterocycles. The van der Waals surface area contributed by atoms with Gasteiger partial charge in [-0.05, 0) is 33.0 Å². The Hall–Kier alpha value is -1.91. The van der Waals surface area contributed by atoms with Crippen molar-refractivity contribution in [2.24, 2.45) is 0 Å². The Labute approximate surface area is 144 Å². The lowest BCUT2D eigenvalue weighted by molar-refractivity contribution is 0.132. The van der Waals surface area contributed by atoms with E-state index < -0.39 is 0 Å². The number of fused-ring (bicyclic) bond motifs is 1. The molecule has 0 aliphatic carbocycles. The first kappa shape index (κ1) is 16.9. The molecule has 1 aromatic carbocycles. The lowest BCUT2D eigenvalue weighted by atomic mass is 10.0. The quantitative estimate of drug-likeness (QED) is 0.731. The molecule has 0 unspecified atom stereocenters. The highest BCUT2D eigenvalue weighted by molar-refractivity contribution is 5.47. The summed E-state index contributed by atoms with van der Waals surface area (Å²) in [5.74, 6) is 0.929. The van der Waals surface area contributed by atoms with Crippen molar-refractivity contribution in [1.29, 1.82) is 0 Å². The molecule has 0 N–H and O–H groups in total. The molecule has 0 spiro atoms. The number of hydrogen-bond acceptors (Lipinski definition) is 4. The summed E-state index contributed by atoms with van der Waals surface area (Å²) in [6, 6.07) is 10.5. The van der Waals surface area contributed by atoms with Crippen molar-refractivity contribution in [1.82, 2.24) is 9.88 Å². The Kier molecular flexibility index (Phi) is 5.48. The van der Waals surface area contributed by atoms with E-state index in [0.29, 0.717) is 19.8 Å². The fourth-order valence-corrected chi connectivity index (χ4v) is 3.11. The zero-order valence-electron chi connectivity index (χ0n) is 14.8. The standard InChI is InChI=1S/C20H26N2O2/c1-15-20(24-11-7-10-22(2)3)18-14-23-13-17(18)19(21-15)12-16-8-5-4-6-9-16/h4-6,8-9H,7,10-14H2,1-3H3. The van der Waals surface area contributed by atoms with Crippen LogP contribution in [0.5, 0.6) is 5.75 Å². The van der Waals surface area contributed by atoms with Crippen LogP contribution < -0.4 is 4.74 Å². The normalized spacial score (nSPS) is 13.3. The van der Waals surface area contributed by atoms with Crippen molar-refractivity contribution in [3.63, 3.8) is 0 Å². The van der Waals surface area contributed by atoms with Gasteiger partial charge in [-0.2, -0.15) is 0 Å². The Balaban J connectivity index is 1.79. The molecule has 0 atom stereocenters. The highest BCUT2D eigenvalue weighted by Crippen LogP contribution is 2.34. The summed E-state index contributed by atoms with van der Waals surface area (Å²) in [4.78, 5) is 7.01. The SMILES string of the molecule is Cc1nc(Cc2ccccc2)c2c(c1OCCCN(C)C)COC2. The van der Waals surface area contributed by atoms with Crippen molar-refractivity contribution in [3.05, 3.63) is 58.4 Å². The average Bonchev–Trinajstić information content (AvgIpc) is 3.04. The molecular weight excluding hydrogens is 300 g/mol. The van der Waals surface area contributed by atoms with Crippen LogP contribution in [-0.4, -0.2) is 37.1 Å². The second-order valence-corrected chi connectivity index (χ2v) is 6.59. The van der Waals surface area contributed by atoms with Crippen molar-refractivity contribution < 1.29 is 9.47 Å². The third-order valence-corrected chi connectivity index (χ3v) is 4.32. The van der Waals surface area contributed by atoms with Gasteiger partial charge in [-0.15, -0.1) is 0 Å². The number of benzene rings is 1. The molecule has 2 aromatic rings. The molecule has 3 rings (SSSR count). The number of pyridine rings is 1. The Morgan fingerprint density at radius 2 is 1.88 bits per heavy atom. The maximum absolute atomic E-state index is 6.07. The summed E-state index contributed by atoms with van der Waals surface area (Å²) in [7, 11) is 4.16. The predicted molar refractivity (Wildman–Crippen MR) is 95.4 cm³/mol. The van der Waals surface area contributed by atoms with Crippen LogP contribution in [0.2, 0.25) is 0 Å². The molecule has 24 heavy (non-hydrogen) atoms. The molecule has 4 nitrogen and oxygen atoms in total. The maximum atomic E-state index is 6.07. The van der Waals surface area contributed by atoms with Gasteiger partial charge in [0.1, 0.15) is 5.75 Å². The van der Waals surface area contributed by atoms with Crippen LogP contribution in [0.15, 0.2) is 30.3 Å². The monoisotopic (exact) mass is 326 g/mol. The number of ether oxygens (including phenoxy) is 2. The third kappa shape index (κ3) is 3.94. The number of aromatic nitrogens is 1. The summed E-state index contributed by atoms with van der Waals surface area (Å²) in [5.41, 5.74) is 5.77. The molecule has 1 aliphatic rings. The first-order valence-corrected chi connectivity index (χ1v) is 8.55. The average molecular weight is 326 g/mol. The predicted octanol–water partition coefficient (Wildman–Crippen LogP) is 3.34. The number of rotatable bonds is 7. The van der Waals surface area contributed by atoms with Gasteiger partial charge >= 0.3 is 0 Å². The van der Waals surface area contributed by atoms with E-state index in [1.54, 1.807) is 0 Å². The van der Waals surface area contributed by atoms with Gasteiger partial charge in [0.2, 0.25) is 0 Å². The van der Waals surface area contributed by atoms with Crippen molar-refractivity contribution in [2.45, 2.75) is 33.0 Å². The molecule has 0 radical (unpaired) electrons. The van der Waals surface area contributed by atoms with Crippen LogP contribution in [0.4, 0.5) is 0 Å². The molecule has 128 valence electrons. The van der Waals surface area contributed by atoms with Gasteiger partial charge in [0.05, 0.1) is 31.2 Å². The smallest absolute Gasteiger partial charge is 0.146 e. The van der Waals surface area contributed by atoms with Crippen LogP contribution >= 0.6 is 0 Å². The third-order valence-electron chi connectivity index (χ3n) is 4.32. The summed E-state index contributed by atoms with van der Waals surface area (Å²) in [6.07, 6.45) is 1.85. The van der Waals surface area contributed by atoms with Gasteiger partial charge < -0.3 is 14.4 Å². The summed E-state index contributed by atoms with van der Waals surface area (Å²) >= 11 is 0. The highest BCUT2D eigenvalue weighted by atomic mass is 16.5. The van der Waals surface area contributed by atoms with Gasteiger partial charge in [0, 0.05) is 24.1 Å². The van der Waals surface area contributed by atoms with Crippen LogP contribution in [-0.2, 0) is 24.4 Å². The fraction of sp³-hybridized carbons (Fsp3) is 0.450. The lowest BCUT2D eigenvalue weighted by Gasteiger charge is -2.16. The van der Waals surface area contributed by atoms with Gasteiger partial charge in [-0.1, -0.05) is 30.3 Å². The maximum Gasteiger partial charge on any atom is 0.146 e. The molecule has 0 saturated heterocycles. The van der Waals surface area contributed by atoms with E-state index >= 15 is 0 Å². The number of nitrogens with zero attached hydrogens (tertiary/aromatic N) is 2. The first-order chi connectivity index (χ1) is 11.6. The van der Waals surface area contributed by atoms with E-state index in [9.17, 15) is 0 Å². The minimum absolute atomic E-state index is 0.628. The second kappa shape index (κ2) is 7.77. The van der Waals surface area contributed by atoms with Crippen LogP contribution in [0.1, 0.15) is 34.5 Å². The van der Waals surface area contributed by atoms with Crippen LogP contribution in [0.3, 0.4) is 0 Å².